The smallest absolute Gasteiger partial charge is 0.277 e. The number of aromatic nitrogens is 2. The van der Waals surface area contributed by atoms with Gasteiger partial charge >= 0.3 is 0 Å². The third-order valence-electron chi connectivity index (χ3n) is 3.18. The van der Waals surface area contributed by atoms with Crippen LogP contribution in [-0.2, 0) is 0 Å². The predicted octanol–water partition coefficient (Wildman–Crippen LogP) is 2.27. The van der Waals surface area contributed by atoms with Crippen LogP contribution in [0.25, 0.3) is 0 Å². The van der Waals surface area contributed by atoms with Crippen molar-refractivity contribution in [2.24, 2.45) is 0 Å². The van der Waals surface area contributed by atoms with Crippen LogP contribution in [-0.4, -0.2) is 16.2 Å². The van der Waals surface area contributed by atoms with E-state index in [0.29, 0.717) is 5.92 Å². The number of nitrogens with one attached hydrogen (secondary N) is 1. The summed E-state index contributed by atoms with van der Waals surface area (Å²) in [5.74, 6) is 0.0731. The van der Waals surface area contributed by atoms with E-state index < -0.39 is 5.91 Å². The van der Waals surface area contributed by atoms with Gasteiger partial charge in [0.2, 0.25) is 11.5 Å². The van der Waals surface area contributed by atoms with E-state index in [0.717, 1.165) is 5.56 Å². The summed E-state index contributed by atoms with van der Waals surface area (Å²) >= 11 is 0. The van der Waals surface area contributed by atoms with Crippen LogP contribution < -0.4 is 11.1 Å². The second kappa shape index (κ2) is 5.73. The number of hydrogen-bond donors (Lipinski definition) is 2. The van der Waals surface area contributed by atoms with Crippen LogP contribution >= 0.6 is 0 Å². The summed E-state index contributed by atoms with van der Waals surface area (Å²) in [6.07, 6.45) is 0. The quantitative estimate of drug-likeness (QED) is 0.891. The second-order valence-electron chi connectivity index (χ2n) is 5.01. The van der Waals surface area contributed by atoms with Crippen molar-refractivity contribution in [2.45, 2.75) is 32.7 Å². The van der Waals surface area contributed by atoms with E-state index >= 15 is 0 Å². The van der Waals surface area contributed by atoms with Gasteiger partial charge < -0.3 is 11.1 Å². The molecule has 0 aliphatic heterocycles. The maximum absolute atomic E-state index is 11.9. The van der Waals surface area contributed by atoms with E-state index in [-0.39, 0.29) is 17.6 Å². The zero-order valence-corrected chi connectivity index (χ0v) is 11.8. The van der Waals surface area contributed by atoms with Gasteiger partial charge in [-0.25, -0.2) is 4.63 Å². The van der Waals surface area contributed by atoms with Crippen molar-refractivity contribution in [2.75, 3.05) is 5.73 Å². The lowest BCUT2D eigenvalue weighted by Gasteiger charge is -2.14. The molecule has 0 radical (unpaired) electrons. The SMILES string of the molecule is CC(C)c1ccc(C(C)NC(=O)c2nonc2N)cc1. The minimum absolute atomic E-state index is 0.00939. The lowest BCUT2D eigenvalue weighted by Crippen LogP contribution is -2.27. The number of hydrogen-bond acceptors (Lipinski definition) is 5. The number of carbonyl (C=O) groups excluding carboxylic acids is 1. The molecule has 1 aromatic carbocycles. The Balaban J connectivity index is 2.06. The van der Waals surface area contributed by atoms with Crippen molar-refractivity contribution in [3.05, 3.63) is 41.1 Å². The first-order chi connectivity index (χ1) is 9.49. The molecular formula is C14H18N4O2. The molecule has 106 valence electrons. The third kappa shape index (κ3) is 2.96. The summed E-state index contributed by atoms with van der Waals surface area (Å²) in [6, 6.07) is 7.98. The maximum Gasteiger partial charge on any atom is 0.277 e. The van der Waals surface area contributed by atoms with Gasteiger partial charge in [-0.2, -0.15) is 0 Å². The van der Waals surface area contributed by atoms with Crippen molar-refractivity contribution in [3.63, 3.8) is 0 Å². The van der Waals surface area contributed by atoms with Gasteiger partial charge in [0.25, 0.3) is 5.91 Å². The number of benzene rings is 1. The predicted molar refractivity (Wildman–Crippen MR) is 75.1 cm³/mol. The minimum atomic E-state index is -0.399. The summed E-state index contributed by atoms with van der Waals surface area (Å²) in [6.45, 7) is 6.17. The van der Waals surface area contributed by atoms with Crippen molar-refractivity contribution < 1.29 is 9.42 Å². The van der Waals surface area contributed by atoms with Gasteiger partial charge in [-0.3, -0.25) is 4.79 Å². The number of nitrogens with two attached hydrogens (primary N) is 1. The number of rotatable bonds is 4. The Morgan fingerprint density at radius 1 is 1.15 bits per heavy atom. The molecule has 3 N–H and O–H groups in total. The molecule has 2 rings (SSSR count). The summed E-state index contributed by atoms with van der Waals surface area (Å²) < 4.78 is 4.41. The fraction of sp³-hybridized carbons (Fsp3) is 0.357. The molecule has 1 amide bonds. The minimum Gasteiger partial charge on any atom is -0.379 e. The van der Waals surface area contributed by atoms with E-state index in [1.807, 2.05) is 19.1 Å². The molecule has 6 heteroatoms. The summed E-state index contributed by atoms with van der Waals surface area (Å²) in [5, 5.41) is 9.66. The molecule has 0 aliphatic carbocycles. The second-order valence-corrected chi connectivity index (χ2v) is 5.01. The van der Waals surface area contributed by atoms with Crippen molar-refractivity contribution in [1.29, 1.82) is 0 Å². The van der Waals surface area contributed by atoms with Crippen LogP contribution in [0.4, 0.5) is 5.82 Å². The molecule has 0 saturated heterocycles. The lowest BCUT2D eigenvalue weighted by atomic mass is 9.99. The first-order valence-electron chi connectivity index (χ1n) is 6.47. The molecule has 1 atom stereocenters. The Kier molecular flexibility index (Phi) is 4.02. The third-order valence-corrected chi connectivity index (χ3v) is 3.18. The highest BCUT2D eigenvalue weighted by Gasteiger charge is 2.18. The van der Waals surface area contributed by atoms with Crippen LogP contribution in [0, 0.1) is 0 Å². The van der Waals surface area contributed by atoms with Gasteiger partial charge in [-0.1, -0.05) is 38.1 Å². The fourth-order valence-electron chi connectivity index (χ4n) is 1.87. The molecular weight excluding hydrogens is 256 g/mol. The molecule has 20 heavy (non-hydrogen) atoms. The van der Waals surface area contributed by atoms with Gasteiger partial charge in [-0.05, 0) is 34.3 Å². The molecule has 1 heterocycles. The highest BCUT2D eigenvalue weighted by molar-refractivity contribution is 5.96. The largest absolute Gasteiger partial charge is 0.379 e. The number of anilines is 1. The molecule has 6 nitrogen and oxygen atoms in total. The Labute approximate surface area is 117 Å². The lowest BCUT2D eigenvalue weighted by molar-refractivity contribution is 0.0930. The summed E-state index contributed by atoms with van der Waals surface area (Å²) in [5.41, 5.74) is 7.76. The van der Waals surface area contributed by atoms with Gasteiger partial charge in [0, 0.05) is 0 Å². The number of carbonyl (C=O) groups is 1. The maximum atomic E-state index is 11.9. The molecule has 0 spiro atoms. The van der Waals surface area contributed by atoms with Crippen LogP contribution in [0.5, 0.6) is 0 Å². The highest BCUT2D eigenvalue weighted by Crippen LogP contribution is 2.19. The van der Waals surface area contributed by atoms with E-state index in [1.165, 1.54) is 5.56 Å². The van der Waals surface area contributed by atoms with Crippen LogP contribution in [0.1, 0.15) is 54.3 Å². The molecule has 0 aliphatic rings. The van der Waals surface area contributed by atoms with Crippen molar-refractivity contribution >= 4 is 11.7 Å². The Morgan fingerprint density at radius 3 is 2.25 bits per heavy atom. The monoisotopic (exact) mass is 274 g/mol. The number of nitrogens with zero attached hydrogens (tertiary/aromatic N) is 2. The molecule has 2 aromatic rings. The van der Waals surface area contributed by atoms with Gasteiger partial charge in [0.05, 0.1) is 6.04 Å². The standard InChI is InChI=1S/C14H18N4O2/c1-8(2)10-4-6-11(7-5-10)9(3)16-14(19)12-13(15)18-20-17-12/h4-9H,1-3H3,(H2,15,18)(H,16,19). The van der Waals surface area contributed by atoms with E-state index in [4.69, 9.17) is 5.73 Å². The zero-order valence-electron chi connectivity index (χ0n) is 11.8. The van der Waals surface area contributed by atoms with Gasteiger partial charge in [-0.15, -0.1) is 0 Å². The van der Waals surface area contributed by atoms with Gasteiger partial charge in [0.1, 0.15) is 0 Å². The fourth-order valence-corrected chi connectivity index (χ4v) is 1.87. The number of nitrogen functional groups attached to an aromatic ring is 1. The van der Waals surface area contributed by atoms with Crippen molar-refractivity contribution in [3.8, 4) is 0 Å². The topological polar surface area (TPSA) is 94.0 Å². The van der Waals surface area contributed by atoms with E-state index in [2.05, 4.69) is 46.2 Å². The Morgan fingerprint density at radius 2 is 1.75 bits per heavy atom. The Bertz CT molecular complexity index is 589. The zero-order chi connectivity index (χ0) is 14.7. The van der Waals surface area contributed by atoms with Crippen LogP contribution in [0.15, 0.2) is 28.9 Å². The van der Waals surface area contributed by atoms with Gasteiger partial charge in [0.15, 0.2) is 0 Å². The average Bonchev–Trinajstić information content (AvgIpc) is 2.85. The van der Waals surface area contributed by atoms with E-state index in [9.17, 15) is 4.79 Å². The molecule has 0 fully saturated rings. The first-order valence-corrected chi connectivity index (χ1v) is 6.47. The normalized spacial score (nSPS) is 12.4. The molecule has 0 saturated carbocycles. The molecule has 0 bridgehead atoms. The molecule has 1 unspecified atom stereocenters. The number of amides is 1. The first kappa shape index (κ1) is 14.0. The molecule has 1 aromatic heterocycles. The average molecular weight is 274 g/mol. The van der Waals surface area contributed by atoms with Crippen LogP contribution in [0.2, 0.25) is 0 Å². The Hall–Kier alpha value is -2.37. The van der Waals surface area contributed by atoms with E-state index in [1.54, 1.807) is 0 Å². The summed E-state index contributed by atoms with van der Waals surface area (Å²) in [7, 11) is 0. The summed E-state index contributed by atoms with van der Waals surface area (Å²) in [4.78, 5) is 11.9. The van der Waals surface area contributed by atoms with Crippen LogP contribution in [0.3, 0.4) is 0 Å². The van der Waals surface area contributed by atoms with Crippen molar-refractivity contribution in [1.82, 2.24) is 15.6 Å². The highest BCUT2D eigenvalue weighted by atomic mass is 16.6.